The SMILES string of the molecule is Cc1ccc(C(=O)C2CC2)c(Cl)c1. The van der Waals surface area contributed by atoms with E-state index in [-0.39, 0.29) is 11.7 Å². The first-order chi connectivity index (χ1) is 6.18. The van der Waals surface area contributed by atoms with Gasteiger partial charge in [-0.1, -0.05) is 17.7 Å². The van der Waals surface area contributed by atoms with Crippen molar-refractivity contribution in [3.8, 4) is 0 Å². The van der Waals surface area contributed by atoms with E-state index in [2.05, 4.69) is 0 Å². The normalized spacial score (nSPS) is 15.8. The van der Waals surface area contributed by atoms with Gasteiger partial charge in [0.05, 0.1) is 5.02 Å². The second kappa shape index (κ2) is 3.15. The second-order valence-electron chi connectivity index (χ2n) is 3.62. The van der Waals surface area contributed by atoms with Gasteiger partial charge in [0.15, 0.2) is 5.78 Å². The Bertz CT molecular complexity index is 353. The molecule has 0 radical (unpaired) electrons. The summed E-state index contributed by atoms with van der Waals surface area (Å²) in [7, 11) is 0. The molecule has 0 aromatic heterocycles. The van der Waals surface area contributed by atoms with Gasteiger partial charge in [0.25, 0.3) is 0 Å². The molecular formula is C11H11ClO. The summed E-state index contributed by atoms with van der Waals surface area (Å²) < 4.78 is 0. The van der Waals surface area contributed by atoms with Crippen LogP contribution < -0.4 is 0 Å². The van der Waals surface area contributed by atoms with Crippen LogP contribution in [0.25, 0.3) is 0 Å². The molecule has 0 unspecified atom stereocenters. The molecule has 0 aliphatic heterocycles. The second-order valence-corrected chi connectivity index (χ2v) is 4.03. The lowest BCUT2D eigenvalue weighted by Gasteiger charge is -2.02. The number of ketones is 1. The summed E-state index contributed by atoms with van der Waals surface area (Å²) in [6, 6.07) is 5.61. The van der Waals surface area contributed by atoms with E-state index in [1.165, 1.54) is 0 Å². The van der Waals surface area contributed by atoms with Crippen LogP contribution in [0, 0.1) is 12.8 Å². The summed E-state index contributed by atoms with van der Waals surface area (Å²) in [6.07, 6.45) is 2.06. The molecule has 1 fully saturated rings. The minimum Gasteiger partial charge on any atom is -0.294 e. The lowest BCUT2D eigenvalue weighted by atomic mass is 10.1. The standard InChI is InChI=1S/C11H11ClO/c1-7-2-5-9(10(12)6-7)11(13)8-3-4-8/h2,5-6,8H,3-4H2,1H3. The Hall–Kier alpha value is -0.820. The highest BCUT2D eigenvalue weighted by Gasteiger charge is 2.31. The van der Waals surface area contributed by atoms with Crippen molar-refractivity contribution in [3.05, 3.63) is 34.3 Å². The fourth-order valence-corrected chi connectivity index (χ4v) is 1.71. The third kappa shape index (κ3) is 1.75. The van der Waals surface area contributed by atoms with E-state index >= 15 is 0 Å². The molecule has 0 heterocycles. The van der Waals surface area contributed by atoms with Crippen LogP contribution in [-0.4, -0.2) is 5.78 Å². The van der Waals surface area contributed by atoms with Crippen molar-refractivity contribution >= 4 is 17.4 Å². The average Bonchev–Trinajstić information content (AvgIpc) is 2.85. The van der Waals surface area contributed by atoms with Gasteiger partial charge in [-0.2, -0.15) is 0 Å². The largest absolute Gasteiger partial charge is 0.294 e. The summed E-state index contributed by atoms with van der Waals surface area (Å²) in [4.78, 5) is 11.7. The molecule has 2 rings (SSSR count). The number of hydrogen-bond donors (Lipinski definition) is 0. The molecule has 0 atom stereocenters. The Balaban J connectivity index is 2.33. The Kier molecular flexibility index (Phi) is 2.12. The first kappa shape index (κ1) is 8.76. The van der Waals surface area contributed by atoms with Crippen molar-refractivity contribution in [1.29, 1.82) is 0 Å². The number of rotatable bonds is 2. The van der Waals surface area contributed by atoms with Gasteiger partial charge in [-0.25, -0.2) is 0 Å². The van der Waals surface area contributed by atoms with Crippen LogP contribution >= 0.6 is 11.6 Å². The molecule has 1 aromatic rings. The molecule has 0 N–H and O–H groups in total. The zero-order chi connectivity index (χ0) is 9.42. The predicted molar refractivity (Wildman–Crippen MR) is 53.2 cm³/mol. The smallest absolute Gasteiger partial charge is 0.167 e. The number of aryl methyl sites for hydroxylation is 1. The molecule has 0 spiro atoms. The quantitative estimate of drug-likeness (QED) is 0.661. The van der Waals surface area contributed by atoms with Gasteiger partial charge in [0, 0.05) is 11.5 Å². The van der Waals surface area contributed by atoms with Crippen LogP contribution in [0.3, 0.4) is 0 Å². The maximum absolute atomic E-state index is 11.7. The summed E-state index contributed by atoms with van der Waals surface area (Å²) in [5, 5.41) is 0.594. The number of halogens is 1. The number of carbonyl (C=O) groups is 1. The van der Waals surface area contributed by atoms with E-state index in [0.29, 0.717) is 10.6 Å². The summed E-state index contributed by atoms with van der Waals surface area (Å²) in [5.74, 6) is 0.463. The van der Waals surface area contributed by atoms with Gasteiger partial charge < -0.3 is 0 Å². The van der Waals surface area contributed by atoms with Crippen molar-refractivity contribution in [3.63, 3.8) is 0 Å². The highest BCUT2D eigenvalue weighted by molar-refractivity contribution is 6.34. The summed E-state index contributed by atoms with van der Waals surface area (Å²) in [5.41, 5.74) is 1.78. The van der Waals surface area contributed by atoms with Crippen molar-refractivity contribution < 1.29 is 4.79 Å². The van der Waals surface area contributed by atoms with E-state index in [1.54, 1.807) is 0 Å². The van der Waals surface area contributed by atoms with Crippen molar-refractivity contribution in [2.75, 3.05) is 0 Å². The number of benzene rings is 1. The third-order valence-electron chi connectivity index (χ3n) is 2.34. The number of hydrogen-bond acceptors (Lipinski definition) is 1. The molecule has 0 amide bonds. The van der Waals surface area contributed by atoms with Gasteiger partial charge in [-0.15, -0.1) is 0 Å². The van der Waals surface area contributed by atoms with Crippen LogP contribution in [-0.2, 0) is 0 Å². The zero-order valence-corrected chi connectivity index (χ0v) is 8.27. The molecule has 68 valence electrons. The fraction of sp³-hybridized carbons (Fsp3) is 0.364. The van der Waals surface area contributed by atoms with Gasteiger partial charge in [-0.05, 0) is 37.5 Å². The minimum atomic E-state index is 0.213. The monoisotopic (exact) mass is 194 g/mol. The first-order valence-corrected chi connectivity index (χ1v) is 4.86. The van der Waals surface area contributed by atoms with Crippen molar-refractivity contribution in [2.45, 2.75) is 19.8 Å². The van der Waals surface area contributed by atoms with E-state index < -0.39 is 0 Å². The fourth-order valence-electron chi connectivity index (χ4n) is 1.39. The minimum absolute atomic E-state index is 0.213. The number of Topliss-reactive ketones (excluding diaryl/α,β-unsaturated/α-hetero) is 1. The van der Waals surface area contributed by atoms with Crippen LogP contribution in [0.15, 0.2) is 18.2 Å². The molecule has 1 saturated carbocycles. The molecule has 0 saturated heterocycles. The molecule has 1 nitrogen and oxygen atoms in total. The third-order valence-corrected chi connectivity index (χ3v) is 2.65. The lowest BCUT2D eigenvalue weighted by molar-refractivity contribution is 0.0968. The molecule has 0 bridgehead atoms. The molecule has 13 heavy (non-hydrogen) atoms. The van der Waals surface area contributed by atoms with Gasteiger partial charge in [0.1, 0.15) is 0 Å². The molecule has 1 aromatic carbocycles. The topological polar surface area (TPSA) is 17.1 Å². The maximum Gasteiger partial charge on any atom is 0.167 e. The summed E-state index contributed by atoms with van der Waals surface area (Å²) >= 11 is 5.98. The van der Waals surface area contributed by atoms with Crippen LogP contribution in [0.4, 0.5) is 0 Å². The maximum atomic E-state index is 11.7. The summed E-state index contributed by atoms with van der Waals surface area (Å²) in [6.45, 7) is 1.97. The molecular weight excluding hydrogens is 184 g/mol. The number of carbonyl (C=O) groups excluding carboxylic acids is 1. The molecule has 2 heteroatoms. The average molecular weight is 195 g/mol. The van der Waals surface area contributed by atoms with Gasteiger partial charge in [-0.3, -0.25) is 4.79 Å². The Morgan fingerprint density at radius 2 is 2.15 bits per heavy atom. The Labute approximate surface area is 82.7 Å². The zero-order valence-electron chi connectivity index (χ0n) is 7.51. The van der Waals surface area contributed by atoms with Crippen molar-refractivity contribution in [1.82, 2.24) is 0 Å². The van der Waals surface area contributed by atoms with E-state index in [9.17, 15) is 4.79 Å². The van der Waals surface area contributed by atoms with Gasteiger partial charge >= 0.3 is 0 Å². The Morgan fingerprint density at radius 3 is 2.69 bits per heavy atom. The van der Waals surface area contributed by atoms with Crippen LogP contribution in [0.1, 0.15) is 28.8 Å². The molecule has 1 aliphatic carbocycles. The van der Waals surface area contributed by atoms with Crippen molar-refractivity contribution in [2.24, 2.45) is 5.92 Å². The van der Waals surface area contributed by atoms with E-state index in [0.717, 1.165) is 18.4 Å². The van der Waals surface area contributed by atoms with Crippen LogP contribution in [0.5, 0.6) is 0 Å². The highest BCUT2D eigenvalue weighted by Crippen LogP contribution is 2.34. The van der Waals surface area contributed by atoms with E-state index in [1.807, 2.05) is 25.1 Å². The lowest BCUT2D eigenvalue weighted by Crippen LogP contribution is -2.01. The Morgan fingerprint density at radius 1 is 1.46 bits per heavy atom. The first-order valence-electron chi connectivity index (χ1n) is 4.49. The van der Waals surface area contributed by atoms with Crippen LogP contribution in [0.2, 0.25) is 5.02 Å². The molecule has 1 aliphatic rings. The highest BCUT2D eigenvalue weighted by atomic mass is 35.5. The van der Waals surface area contributed by atoms with Gasteiger partial charge in [0.2, 0.25) is 0 Å². The predicted octanol–water partition coefficient (Wildman–Crippen LogP) is 3.24. The van der Waals surface area contributed by atoms with E-state index in [4.69, 9.17) is 11.6 Å².